The Morgan fingerprint density at radius 1 is 1.56 bits per heavy atom. The zero-order valence-electron chi connectivity index (χ0n) is 9.77. The Morgan fingerprint density at radius 2 is 2.28 bits per heavy atom. The third-order valence-electron chi connectivity index (χ3n) is 2.25. The highest BCUT2D eigenvalue weighted by Crippen LogP contribution is 2.15. The number of carbonyl (C=O) groups excluding carboxylic acids is 1. The number of nitrogens with one attached hydrogen (secondary N) is 2. The highest BCUT2D eigenvalue weighted by Gasteiger charge is 2.18. The summed E-state index contributed by atoms with van der Waals surface area (Å²) < 4.78 is 5.20. The Balaban J connectivity index is 2.24. The van der Waals surface area contributed by atoms with E-state index in [2.05, 4.69) is 20.5 Å². The van der Waals surface area contributed by atoms with Crippen molar-refractivity contribution in [1.29, 1.82) is 0 Å². The Bertz CT molecular complexity index is 616. The molecule has 0 unspecified atom stereocenters. The van der Waals surface area contributed by atoms with E-state index >= 15 is 0 Å². The Hall–Kier alpha value is -2.22. The number of thiocarbonyl (C=S) groups is 1. The molecule has 4 N–H and O–H groups in total. The van der Waals surface area contributed by atoms with Crippen LogP contribution in [0.15, 0.2) is 10.6 Å². The first-order chi connectivity index (χ1) is 8.49. The van der Waals surface area contributed by atoms with Gasteiger partial charge in [0.15, 0.2) is 5.89 Å². The number of hydrogen-bond acceptors (Lipinski definition) is 5. The lowest BCUT2D eigenvalue weighted by Gasteiger charge is -2.02. The summed E-state index contributed by atoms with van der Waals surface area (Å²) in [6.07, 6.45) is 1.44. The van der Waals surface area contributed by atoms with Crippen LogP contribution in [-0.2, 0) is 0 Å². The fourth-order valence-corrected chi connectivity index (χ4v) is 1.64. The Morgan fingerprint density at radius 3 is 2.83 bits per heavy atom. The number of nitrogens with two attached hydrogens (primary N) is 1. The van der Waals surface area contributed by atoms with Crippen LogP contribution in [0.1, 0.15) is 27.7 Å². The summed E-state index contributed by atoms with van der Waals surface area (Å²) in [6, 6.07) is 0. The van der Waals surface area contributed by atoms with Gasteiger partial charge in [0, 0.05) is 6.92 Å². The quantitative estimate of drug-likeness (QED) is 0.711. The molecule has 0 saturated heterocycles. The molecular formula is C10H11N5O2S. The maximum Gasteiger partial charge on any atom is 0.294 e. The van der Waals surface area contributed by atoms with Crippen molar-refractivity contribution < 1.29 is 9.21 Å². The van der Waals surface area contributed by atoms with Crippen LogP contribution in [0.2, 0.25) is 0 Å². The summed E-state index contributed by atoms with van der Waals surface area (Å²) in [4.78, 5) is 16.1. The molecule has 0 radical (unpaired) electrons. The molecule has 0 spiro atoms. The summed E-state index contributed by atoms with van der Waals surface area (Å²) >= 11 is 4.83. The molecule has 0 saturated carbocycles. The zero-order chi connectivity index (χ0) is 13.3. The van der Waals surface area contributed by atoms with Crippen LogP contribution >= 0.6 is 12.2 Å². The van der Waals surface area contributed by atoms with E-state index in [-0.39, 0.29) is 10.7 Å². The van der Waals surface area contributed by atoms with Gasteiger partial charge in [0.05, 0.1) is 17.5 Å². The zero-order valence-corrected chi connectivity index (χ0v) is 10.6. The molecule has 0 atom stereocenters. The number of aromatic amines is 1. The average molecular weight is 265 g/mol. The molecular weight excluding hydrogens is 254 g/mol. The third kappa shape index (κ3) is 2.23. The third-order valence-corrected chi connectivity index (χ3v) is 2.47. The minimum atomic E-state index is -0.435. The van der Waals surface area contributed by atoms with Gasteiger partial charge in [0.1, 0.15) is 10.8 Å². The average Bonchev–Trinajstić information content (AvgIpc) is 2.85. The molecule has 2 aromatic rings. The second kappa shape index (κ2) is 4.57. The number of anilines is 1. The van der Waals surface area contributed by atoms with Crippen LogP contribution < -0.4 is 11.1 Å². The number of carbonyl (C=O) groups is 1. The summed E-state index contributed by atoms with van der Waals surface area (Å²) in [5, 5.41) is 8.95. The number of aromatic nitrogens is 3. The first-order valence-corrected chi connectivity index (χ1v) is 5.48. The van der Waals surface area contributed by atoms with E-state index in [1.165, 1.54) is 6.20 Å². The number of oxazole rings is 1. The van der Waals surface area contributed by atoms with Gasteiger partial charge in [-0.1, -0.05) is 12.2 Å². The van der Waals surface area contributed by atoms with Crippen LogP contribution in [0.25, 0.3) is 0 Å². The number of nitrogens with zero attached hydrogens (tertiary/aromatic N) is 2. The van der Waals surface area contributed by atoms with Gasteiger partial charge in [0.25, 0.3) is 5.91 Å². The summed E-state index contributed by atoms with van der Waals surface area (Å²) in [5.41, 5.74) is 6.47. The molecule has 0 aliphatic rings. The Kier molecular flexibility index (Phi) is 3.11. The lowest BCUT2D eigenvalue weighted by Crippen LogP contribution is -2.17. The molecule has 18 heavy (non-hydrogen) atoms. The molecule has 0 aliphatic carbocycles. The minimum Gasteiger partial charge on any atom is -0.436 e. The molecule has 2 heterocycles. The SMILES string of the molecule is Cc1nc(C)c(C(=O)Nc2[nH]ncc2C(N)=S)o1. The van der Waals surface area contributed by atoms with Crippen molar-refractivity contribution in [2.75, 3.05) is 5.32 Å². The normalized spacial score (nSPS) is 10.3. The number of hydrogen-bond donors (Lipinski definition) is 3. The molecule has 0 aromatic carbocycles. The molecule has 0 bridgehead atoms. The number of H-pyrrole nitrogens is 1. The maximum atomic E-state index is 11.9. The molecule has 2 aromatic heterocycles. The van der Waals surface area contributed by atoms with E-state index in [1.807, 2.05) is 0 Å². The molecule has 7 nitrogen and oxygen atoms in total. The highest BCUT2D eigenvalue weighted by molar-refractivity contribution is 7.80. The summed E-state index contributed by atoms with van der Waals surface area (Å²) in [5.74, 6) is 0.476. The van der Waals surface area contributed by atoms with Gasteiger partial charge in [-0.2, -0.15) is 5.10 Å². The van der Waals surface area contributed by atoms with E-state index in [4.69, 9.17) is 22.4 Å². The van der Waals surface area contributed by atoms with Crippen molar-refractivity contribution in [1.82, 2.24) is 15.2 Å². The topological polar surface area (TPSA) is 110 Å². The van der Waals surface area contributed by atoms with Crippen LogP contribution in [0.5, 0.6) is 0 Å². The number of aryl methyl sites for hydroxylation is 2. The summed E-state index contributed by atoms with van der Waals surface area (Å²) in [6.45, 7) is 3.35. The first-order valence-electron chi connectivity index (χ1n) is 5.07. The van der Waals surface area contributed by atoms with E-state index in [9.17, 15) is 4.79 Å². The van der Waals surface area contributed by atoms with Gasteiger partial charge in [-0.05, 0) is 6.92 Å². The van der Waals surface area contributed by atoms with Crippen molar-refractivity contribution >= 4 is 28.9 Å². The van der Waals surface area contributed by atoms with Crippen molar-refractivity contribution in [2.45, 2.75) is 13.8 Å². The lowest BCUT2D eigenvalue weighted by molar-refractivity contribution is 0.0994. The molecule has 0 fully saturated rings. The molecule has 2 rings (SSSR count). The van der Waals surface area contributed by atoms with Crippen molar-refractivity contribution in [3.8, 4) is 0 Å². The lowest BCUT2D eigenvalue weighted by atomic mass is 10.3. The molecule has 0 aliphatic heterocycles. The van der Waals surface area contributed by atoms with Crippen LogP contribution in [0, 0.1) is 13.8 Å². The van der Waals surface area contributed by atoms with E-state index < -0.39 is 5.91 Å². The largest absolute Gasteiger partial charge is 0.436 e. The summed E-state index contributed by atoms with van der Waals surface area (Å²) in [7, 11) is 0. The predicted octanol–water partition coefficient (Wildman–Crippen LogP) is 0.901. The van der Waals surface area contributed by atoms with Gasteiger partial charge in [0.2, 0.25) is 5.76 Å². The fraction of sp³-hybridized carbons (Fsp3) is 0.200. The molecule has 8 heteroatoms. The van der Waals surface area contributed by atoms with E-state index in [0.29, 0.717) is 23.0 Å². The first kappa shape index (κ1) is 12.2. The van der Waals surface area contributed by atoms with Crippen molar-refractivity contribution in [2.24, 2.45) is 5.73 Å². The molecule has 94 valence electrons. The predicted molar refractivity (Wildman–Crippen MR) is 68.4 cm³/mol. The standard InChI is InChI=1S/C10H11N5O2S/c1-4-7(17-5(2)13-4)10(16)14-9-6(8(11)18)3-12-15-9/h3H,1-2H3,(H2,11,18)(H2,12,14,15,16). The number of rotatable bonds is 3. The van der Waals surface area contributed by atoms with Crippen LogP contribution in [-0.4, -0.2) is 26.1 Å². The molecule has 1 amide bonds. The van der Waals surface area contributed by atoms with Crippen molar-refractivity contribution in [3.63, 3.8) is 0 Å². The maximum absolute atomic E-state index is 11.9. The fourth-order valence-electron chi connectivity index (χ4n) is 1.48. The monoisotopic (exact) mass is 265 g/mol. The minimum absolute atomic E-state index is 0.143. The van der Waals surface area contributed by atoms with Gasteiger partial charge >= 0.3 is 0 Å². The van der Waals surface area contributed by atoms with Gasteiger partial charge in [-0.15, -0.1) is 0 Å². The van der Waals surface area contributed by atoms with Gasteiger partial charge in [-0.3, -0.25) is 9.89 Å². The van der Waals surface area contributed by atoms with Gasteiger partial charge in [-0.25, -0.2) is 4.98 Å². The van der Waals surface area contributed by atoms with Crippen molar-refractivity contribution in [3.05, 3.63) is 29.1 Å². The van der Waals surface area contributed by atoms with E-state index in [0.717, 1.165) is 0 Å². The number of amides is 1. The Labute approximate surface area is 108 Å². The second-order valence-electron chi connectivity index (χ2n) is 3.62. The second-order valence-corrected chi connectivity index (χ2v) is 4.06. The van der Waals surface area contributed by atoms with E-state index in [1.54, 1.807) is 13.8 Å². The van der Waals surface area contributed by atoms with Crippen LogP contribution in [0.3, 0.4) is 0 Å². The highest BCUT2D eigenvalue weighted by atomic mass is 32.1. The van der Waals surface area contributed by atoms with Crippen LogP contribution in [0.4, 0.5) is 5.82 Å². The smallest absolute Gasteiger partial charge is 0.294 e. The van der Waals surface area contributed by atoms with Gasteiger partial charge < -0.3 is 15.5 Å².